The van der Waals surface area contributed by atoms with Gasteiger partial charge in [0.1, 0.15) is 5.82 Å². The van der Waals surface area contributed by atoms with E-state index in [0.29, 0.717) is 33.7 Å². The lowest BCUT2D eigenvalue weighted by Crippen LogP contribution is -2.29. The van der Waals surface area contributed by atoms with Crippen LogP contribution in [0.25, 0.3) is 22.3 Å². The third kappa shape index (κ3) is 5.14. The number of fused-ring (bicyclic) bond motifs is 1. The van der Waals surface area contributed by atoms with Crippen molar-refractivity contribution >= 4 is 49.9 Å². The van der Waals surface area contributed by atoms with Crippen molar-refractivity contribution in [3.05, 3.63) is 82.8 Å². The van der Waals surface area contributed by atoms with Crippen molar-refractivity contribution in [2.75, 3.05) is 18.4 Å². The topological polar surface area (TPSA) is 84.0 Å². The minimum atomic E-state index is -3.57. The molecule has 3 aromatic carbocycles. The van der Waals surface area contributed by atoms with Crippen LogP contribution in [0.1, 0.15) is 0 Å². The maximum absolute atomic E-state index is 12.4. The lowest BCUT2D eigenvalue weighted by Gasteiger charge is -2.12. The Balaban J connectivity index is 1.56. The molecule has 0 aliphatic heterocycles. The van der Waals surface area contributed by atoms with Gasteiger partial charge < -0.3 is 5.32 Å². The number of halogens is 2. The molecular weight excluding hydrogens is 455 g/mol. The first kappa shape index (κ1) is 21.5. The summed E-state index contributed by atoms with van der Waals surface area (Å²) in [6.07, 6.45) is 0. The number of nitrogens with zero attached hydrogens (tertiary/aromatic N) is 2. The van der Waals surface area contributed by atoms with Gasteiger partial charge in [0.2, 0.25) is 10.0 Å². The lowest BCUT2D eigenvalue weighted by atomic mass is 10.2. The van der Waals surface area contributed by atoms with E-state index in [0.717, 1.165) is 10.9 Å². The molecule has 0 aliphatic carbocycles. The zero-order chi connectivity index (χ0) is 21.8. The highest BCUT2D eigenvalue weighted by atomic mass is 35.5. The fourth-order valence-electron chi connectivity index (χ4n) is 3.01. The van der Waals surface area contributed by atoms with Gasteiger partial charge in [-0.15, -0.1) is 0 Å². The van der Waals surface area contributed by atoms with Crippen LogP contribution in [0.5, 0.6) is 0 Å². The highest BCUT2D eigenvalue weighted by Gasteiger charge is 2.13. The van der Waals surface area contributed by atoms with Crippen molar-refractivity contribution in [2.24, 2.45) is 0 Å². The van der Waals surface area contributed by atoms with Crippen molar-refractivity contribution in [3.63, 3.8) is 0 Å². The molecule has 0 radical (unpaired) electrons. The molecule has 0 unspecified atom stereocenters. The summed E-state index contributed by atoms with van der Waals surface area (Å²) in [4.78, 5) is 9.47. The number of hydrogen-bond acceptors (Lipinski definition) is 5. The molecule has 1 aromatic heterocycles. The molecule has 4 aromatic rings. The standard InChI is InChI=1S/C22H18Cl2N4O2S/c23-16-8-6-15(7-9-16)21-27-20-14-17(24)10-11-19(20)22(28-21)25-12-13-26-31(29,30)18-4-2-1-3-5-18/h1-11,14,26H,12-13H2,(H,25,27,28). The monoisotopic (exact) mass is 472 g/mol. The Hall–Kier alpha value is -2.71. The Kier molecular flexibility index (Phi) is 6.38. The molecule has 0 saturated carbocycles. The molecule has 0 saturated heterocycles. The largest absolute Gasteiger partial charge is 0.368 e. The molecule has 0 fully saturated rings. The summed E-state index contributed by atoms with van der Waals surface area (Å²) in [5.41, 5.74) is 1.49. The van der Waals surface area contributed by atoms with Gasteiger partial charge in [0, 0.05) is 34.1 Å². The third-order valence-electron chi connectivity index (χ3n) is 4.52. The van der Waals surface area contributed by atoms with Crippen molar-refractivity contribution in [1.82, 2.24) is 14.7 Å². The molecule has 0 bridgehead atoms. The molecule has 0 aliphatic rings. The number of benzene rings is 3. The van der Waals surface area contributed by atoms with Crippen LogP contribution in [-0.2, 0) is 10.0 Å². The van der Waals surface area contributed by atoms with Crippen molar-refractivity contribution in [2.45, 2.75) is 4.90 Å². The van der Waals surface area contributed by atoms with Crippen LogP contribution in [0.2, 0.25) is 10.0 Å². The quantitative estimate of drug-likeness (QED) is 0.370. The molecule has 4 rings (SSSR count). The Labute approximate surface area is 190 Å². The van der Waals surface area contributed by atoms with Gasteiger partial charge in [-0.05, 0) is 54.6 Å². The van der Waals surface area contributed by atoms with Gasteiger partial charge in [-0.3, -0.25) is 0 Å². The summed E-state index contributed by atoms with van der Waals surface area (Å²) < 4.78 is 27.3. The van der Waals surface area contributed by atoms with E-state index >= 15 is 0 Å². The van der Waals surface area contributed by atoms with E-state index in [1.165, 1.54) is 0 Å². The Morgan fingerprint density at radius 3 is 2.26 bits per heavy atom. The lowest BCUT2D eigenvalue weighted by molar-refractivity contribution is 0.583. The second kappa shape index (κ2) is 9.20. The fourth-order valence-corrected chi connectivity index (χ4v) is 4.36. The summed E-state index contributed by atoms with van der Waals surface area (Å²) in [6.45, 7) is 0.521. The van der Waals surface area contributed by atoms with Gasteiger partial charge in [0.05, 0.1) is 10.4 Å². The number of rotatable bonds is 7. The first-order chi connectivity index (χ1) is 14.9. The molecule has 2 N–H and O–H groups in total. The van der Waals surface area contributed by atoms with E-state index in [1.54, 1.807) is 54.6 Å². The molecule has 0 atom stereocenters. The first-order valence-electron chi connectivity index (χ1n) is 9.44. The van der Waals surface area contributed by atoms with Gasteiger partial charge in [0.25, 0.3) is 0 Å². The molecule has 0 amide bonds. The highest BCUT2D eigenvalue weighted by Crippen LogP contribution is 2.27. The summed E-state index contributed by atoms with van der Waals surface area (Å²) in [7, 11) is -3.57. The molecule has 1 heterocycles. The smallest absolute Gasteiger partial charge is 0.240 e. The Morgan fingerprint density at radius 1 is 0.806 bits per heavy atom. The number of anilines is 1. The summed E-state index contributed by atoms with van der Waals surface area (Å²) in [5.74, 6) is 1.10. The van der Waals surface area contributed by atoms with Crippen LogP contribution >= 0.6 is 23.2 Å². The van der Waals surface area contributed by atoms with E-state index in [4.69, 9.17) is 23.2 Å². The molecule has 6 nitrogen and oxygen atoms in total. The summed E-state index contributed by atoms with van der Waals surface area (Å²) >= 11 is 12.1. The molecule has 0 spiro atoms. The summed E-state index contributed by atoms with van der Waals surface area (Å²) in [5, 5.41) is 5.18. The summed E-state index contributed by atoms with van der Waals surface area (Å²) in [6, 6.07) is 20.8. The van der Waals surface area contributed by atoms with Gasteiger partial charge in [0.15, 0.2) is 5.82 Å². The second-order valence-corrected chi connectivity index (χ2v) is 9.34. The zero-order valence-corrected chi connectivity index (χ0v) is 18.5. The normalized spacial score (nSPS) is 11.5. The SMILES string of the molecule is O=S(=O)(NCCNc1nc(-c2ccc(Cl)cc2)nc2cc(Cl)ccc12)c1ccccc1. The van der Waals surface area contributed by atoms with Crippen LogP contribution in [0.3, 0.4) is 0 Å². The number of aromatic nitrogens is 2. The molecule has 9 heteroatoms. The molecular formula is C22H18Cl2N4O2S. The minimum Gasteiger partial charge on any atom is -0.368 e. The fraction of sp³-hybridized carbons (Fsp3) is 0.0909. The van der Waals surface area contributed by atoms with E-state index < -0.39 is 10.0 Å². The number of hydrogen-bond donors (Lipinski definition) is 2. The van der Waals surface area contributed by atoms with Crippen LogP contribution in [0, 0.1) is 0 Å². The minimum absolute atomic E-state index is 0.187. The predicted molar refractivity (Wildman–Crippen MR) is 125 cm³/mol. The maximum atomic E-state index is 12.4. The Bertz CT molecular complexity index is 1310. The van der Waals surface area contributed by atoms with Crippen LogP contribution in [0.15, 0.2) is 77.7 Å². The molecule has 31 heavy (non-hydrogen) atoms. The van der Waals surface area contributed by atoms with E-state index in [1.807, 2.05) is 18.2 Å². The van der Waals surface area contributed by atoms with Gasteiger partial charge >= 0.3 is 0 Å². The van der Waals surface area contributed by atoms with E-state index in [-0.39, 0.29) is 11.4 Å². The average Bonchev–Trinajstić information content (AvgIpc) is 2.77. The highest BCUT2D eigenvalue weighted by molar-refractivity contribution is 7.89. The van der Waals surface area contributed by atoms with Crippen molar-refractivity contribution in [1.29, 1.82) is 0 Å². The van der Waals surface area contributed by atoms with Gasteiger partial charge in [-0.2, -0.15) is 0 Å². The second-order valence-electron chi connectivity index (χ2n) is 6.70. The van der Waals surface area contributed by atoms with Crippen molar-refractivity contribution < 1.29 is 8.42 Å². The van der Waals surface area contributed by atoms with Gasteiger partial charge in [-0.25, -0.2) is 23.1 Å². The third-order valence-corrected chi connectivity index (χ3v) is 6.49. The average molecular weight is 473 g/mol. The number of nitrogens with one attached hydrogen (secondary N) is 2. The van der Waals surface area contributed by atoms with Crippen molar-refractivity contribution in [3.8, 4) is 11.4 Å². The molecule has 158 valence electrons. The maximum Gasteiger partial charge on any atom is 0.240 e. The van der Waals surface area contributed by atoms with E-state index in [9.17, 15) is 8.42 Å². The zero-order valence-electron chi connectivity index (χ0n) is 16.2. The van der Waals surface area contributed by atoms with E-state index in [2.05, 4.69) is 20.0 Å². The predicted octanol–water partition coefficient (Wildman–Crippen LogP) is 4.99. The Morgan fingerprint density at radius 2 is 1.52 bits per heavy atom. The van der Waals surface area contributed by atoms with Crippen LogP contribution < -0.4 is 10.0 Å². The van der Waals surface area contributed by atoms with Crippen LogP contribution in [0.4, 0.5) is 5.82 Å². The number of sulfonamides is 1. The first-order valence-corrected chi connectivity index (χ1v) is 11.7. The van der Waals surface area contributed by atoms with Crippen LogP contribution in [-0.4, -0.2) is 31.5 Å². The van der Waals surface area contributed by atoms with Gasteiger partial charge in [-0.1, -0.05) is 41.4 Å².